The van der Waals surface area contributed by atoms with Crippen LogP contribution in [0.5, 0.6) is 0 Å². The molecule has 0 bridgehead atoms. The van der Waals surface area contributed by atoms with Crippen LogP contribution < -0.4 is 10.6 Å². The van der Waals surface area contributed by atoms with Gasteiger partial charge in [-0.05, 0) is 12.5 Å². The van der Waals surface area contributed by atoms with Crippen molar-refractivity contribution in [1.29, 1.82) is 0 Å². The molecule has 1 aromatic rings. The molecule has 0 radical (unpaired) electrons. The molecular weight excluding hydrogens is 242 g/mol. The molecule has 1 fully saturated rings. The number of nitro benzene ring substituents is 1. The third-order valence-corrected chi connectivity index (χ3v) is 2.87. The highest BCUT2D eigenvalue weighted by Crippen LogP contribution is 2.23. The van der Waals surface area contributed by atoms with E-state index in [2.05, 4.69) is 10.6 Å². The van der Waals surface area contributed by atoms with Gasteiger partial charge in [-0.15, -0.1) is 12.4 Å². The highest BCUT2D eigenvalue weighted by Gasteiger charge is 2.18. The van der Waals surface area contributed by atoms with Crippen molar-refractivity contribution in [3.63, 3.8) is 0 Å². The average molecular weight is 258 g/mol. The minimum Gasteiger partial charge on any atom is -0.314 e. The van der Waals surface area contributed by atoms with Crippen LogP contribution >= 0.6 is 12.4 Å². The Morgan fingerprint density at radius 3 is 2.76 bits per heavy atom. The summed E-state index contributed by atoms with van der Waals surface area (Å²) in [6.07, 6.45) is 0. The molecule has 0 unspecified atom stereocenters. The summed E-state index contributed by atoms with van der Waals surface area (Å²) in [6.45, 7) is 4.42. The summed E-state index contributed by atoms with van der Waals surface area (Å²) < 4.78 is 0. The zero-order valence-corrected chi connectivity index (χ0v) is 10.4. The van der Waals surface area contributed by atoms with Gasteiger partial charge in [0.15, 0.2) is 0 Å². The lowest BCUT2D eigenvalue weighted by Gasteiger charge is -2.24. The van der Waals surface area contributed by atoms with Gasteiger partial charge in [0.2, 0.25) is 0 Å². The molecule has 1 saturated heterocycles. The standard InChI is InChI=1S/C11H15N3O2.ClH/c1-8-2-3-9(6-11(8)14(15)16)10-7-12-4-5-13-10;/h2-3,6,10,12-13H,4-5,7H2,1H3;1H/t10-;/m1./s1. The van der Waals surface area contributed by atoms with Crippen LogP contribution in [0.1, 0.15) is 17.2 Å². The maximum absolute atomic E-state index is 10.8. The largest absolute Gasteiger partial charge is 0.314 e. The number of aryl methyl sites for hydroxylation is 1. The predicted octanol–water partition coefficient (Wildman–Crippen LogP) is 1.56. The zero-order chi connectivity index (χ0) is 11.5. The van der Waals surface area contributed by atoms with Gasteiger partial charge in [0.1, 0.15) is 0 Å². The van der Waals surface area contributed by atoms with Gasteiger partial charge < -0.3 is 10.6 Å². The van der Waals surface area contributed by atoms with Gasteiger partial charge in [-0.1, -0.05) is 12.1 Å². The smallest absolute Gasteiger partial charge is 0.272 e. The number of nitrogens with one attached hydrogen (secondary N) is 2. The molecule has 17 heavy (non-hydrogen) atoms. The van der Waals surface area contributed by atoms with Crippen molar-refractivity contribution in [2.45, 2.75) is 13.0 Å². The summed E-state index contributed by atoms with van der Waals surface area (Å²) in [4.78, 5) is 10.5. The molecule has 6 heteroatoms. The molecule has 1 atom stereocenters. The molecule has 0 amide bonds. The van der Waals surface area contributed by atoms with E-state index in [-0.39, 0.29) is 29.1 Å². The van der Waals surface area contributed by atoms with Crippen LogP contribution in [-0.4, -0.2) is 24.6 Å². The Labute approximate surface area is 106 Å². The van der Waals surface area contributed by atoms with Gasteiger partial charge in [-0.3, -0.25) is 10.1 Å². The summed E-state index contributed by atoms with van der Waals surface area (Å²) >= 11 is 0. The molecule has 0 aliphatic carbocycles. The Balaban J connectivity index is 0.00000144. The number of hydrogen-bond donors (Lipinski definition) is 2. The molecule has 0 saturated carbocycles. The zero-order valence-electron chi connectivity index (χ0n) is 9.60. The average Bonchev–Trinajstić information content (AvgIpc) is 2.30. The summed E-state index contributed by atoms with van der Waals surface area (Å²) in [5.41, 5.74) is 1.88. The highest BCUT2D eigenvalue weighted by molar-refractivity contribution is 5.85. The molecule has 5 nitrogen and oxygen atoms in total. The molecular formula is C11H16ClN3O2. The molecule has 0 spiro atoms. The molecule has 2 rings (SSSR count). The van der Waals surface area contributed by atoms with Crippen molar-refractivity contribution in [3.05, 3.63) is 39.4 Å². The van der Waals surface area contributed by atoms with Gasteiger partial charge in [0.05, 0.1) is 4.92 Å². The molecule has 1 aliphatic rings. The molecule has 0 aromatic heterocycles. The van der Waals surface area contributed by atoms with Crippen molar-refractivity contribution < 1.29 is 4.92 Å². The van der Waals surface area contributed by atoms with E-state index in [0.29, 0.717) is 5.56 Å². The summed E-state index contributed by atoms with van der Waals surface area (Å²) in [5, 5.41) is 17.4. The van der Waals surface area contributed by atoms with Crippen LogP contribution in [0.4, 0.5) is 5.69 Å². The second-order valence-electron chi connectivity index (χ2n) is 4.01. The first-order valence-electron chi connectivity index (χ1n) is 5.37. The number of halogens is 1. The van der Waals surface area contributed by atoms with Gasteiger partial charge in [0, 0.05) is 37.3 Å². The van der Waals surface area contributed by atoms with Gasteiger partial charge in [-0.25, -0.2) is 0 Å². The fourth-order valence-corrected chi connectivity index (χ4v) is 1.93. The van der Waals surface area contributed by atoms with Crippen LogP contribution in [-0.2, 0) is 0 Å². The molecule has 2 N–H and O–H groups in total. The molecule has 1 heterocycles. The number of rotatable bonds is 2. The number of nitro groups is 1. The second-order valence-corrected chi connectivity index (χ2v) is 4.01. The SMILES string of the molecule is Cc1ccc([C@H]2CNCCN2)cc1[N+](=O)[O-].Cl. The van der Waals surface area contributed by atoms with Gasteiger partial charge in [-0.2, -0.15) is 0 Å². The topological polar surface area (TPSA) is 67.2 Å². The summed E-state index contributed by atoms with van der Waals surface area (Å²) in [5.74, 6) is 0. The van der Waals surface area contributed by atoms with E-state index in [1.165, 1.54) is 0 Å². The van der Waals surface area contributed by atoms with E-state index in [9.17, 15) is 10.1 Å². The third kappa shape index (κ3) is 3.15. The fourth-order valence-electron chi connectivity index (χ4n) is 1.93. The number of benzene rings is 1. The lowest BCUT2D eigenvalue weighted by Crippen LogP contribution is -2.42. The molecule has 1 aliphatic heterocycles. The summed E-state index contributed by atoms with van der Waals surface area (Å²) in [6, 6.07) is 5.60. The van der Waals surface area contributed by atoms with Gasteiger partial charge >= 0.3 is 0 Å². The lowest BCUT2D eigenvalue weighted by molar-refractivity contribution is -0.385. The Morgan fingerprint density at radius 1 is 1.41 bits per heavy atom. The van der Waals surface area contributed by atoms with Crippen LogP contribution in [0.3, 0.4) is 0 Å². The van der Waals surface area contributed by atoms with E-state index < -0.39 is 0 Å². The van der Waals surface area contributed by atoms with Crippen molar-refractivity contribution in [3.8, 4) is 0 Å². The van der Waals surface area contributed by atoms with Crippen molar-refractivity contribution in [1.82, 2.24) is 10.6 Å². The molecule has 1 aromatic carbocycles. The quantitative estimate of drug-likeness (QED) is 0.623. The third-order valence-electron chi connectivity index (χ3n) is 2.87. The summed E-state index contributed by atoms with van der Waals surface area (Å²) in [7, 11) is 0. The number of nitrogens with zero attached hydrogens (tertiary/aromatic N) is 1. The number of piperazine rings is 1. The van der Waals surface area contributed by atoms with E-state index in [1.807, 2.05) is 12.1 Å². The van der Waals surface area contributed by atoms with Crippen LogP contribution in [0, 0.1) is 17.0 Å². The van der Waals surface area contributed by atoms with E-state index >= 15 is 0 Å². The maximum Gasteiger partial charge on any atom is 0.272 e. The van der Waals surface area contributed by atoms with E-state index in [4.69, 9.17) is 0 Å². The number of hydrogen-bond acceptors (Lipinski definition) is 4. The van der Waals surface area contributed by atoms with Crippen molar-refractivity contribution in [2.24, 2.45) is 0 Å². The first kappa shape index (κ1) is 13.9. The van der Waals surface area contributed by atoms with Crippen molar-refractivity contribution >= 4 is 18.1 Å². The van der Waals surface area contributed by atoms with Crippen LogP contribution in [0.25, 0.3) is 0 Å². The Morgan fingerprint density at radius 2 is 2.18 bits per heavy atom. The highest BCUT2D eigenvalue weighted by atomic mass is 35.5. The monoisotopic (exact) mass is 257 g/mol. The van der Waals surface area contributed by atoms with Crippen LogP contribution in [0.15, 0.2) is 18.2 Å². The predicted molar refractivity (Wildman–Crippen MR) is 68.7 cm³/mol. The second kappa shape index (κ2) is 5.95. The van der Waals surface area contributed by atoms with Gasteiger partial charge in [0.25, 0.3) is 5.69 Å². The fraction of sp³-hybridized carbons (Fsp3) is 0.455. The van der Waals surface area contributed by atoms with Crippen molar-refractivity contribution in [2.75, 3.05) is 19.6 Å². The van der Waals surface area contributed by atoms with Crippen LogP contribution in [0.2, 0.25) is 0 Å². The normalized spacial score (nSPS) is 19.5. The first-order chi connectivity index (χ1) is 7.68. The van der Waals surface area contributed by atoms with E-state index in [1.54, 1.807) is 13.0 Å². The lowest BCUT2D eigenvalue weighted by atomic mass is 10.0. The van der Waals surface area contributed by atoms with E-state index in [0.717, 1.165) is 25.2 Å². The maximum atomic E-state index is 10.8. The Hall–Kier alpha value is -1.17. The minimum atomic E-state index is -0.324. The molecule has 94 valence electrons. The first-order valence-corrected chi connectivity index (χ1v) is 5.37. The Kier molecular flexibility index (Phi) is 4.86. The minimum absolute atomic E-state index is 0. The Bertz CT molecular complexity index is 406.